The van der Waals surface area contributed by atoms with Gasteiger partial charge in [0.1, 0.15) is 0 Å². The molecule has 122 valence electrons. The number of likely N-dealkylation sites (tertiary alicyclic amines) is 1. The Morgan fingerprint density at radius 1 is 1.41 bits per heavy atom. The summed E-state index contributed by atoms with van der Waals surface area (Å²) in [6.07, 6.45) is 2.52. The Bertz CT molecular complexity index is 491. The Kier molecular flexibility index (Phi) is 6.07. The largest absolute Gasteiger partial charge is 0.493 e. The molecule has 1 aromatic carbocycles. The molecule has 1 saturated heterocycles. The van der Waals surface area contributed by atoms with Crippen molar-refractivity contribution in [1.82, 2.24) is 4.90 Å². The summed E-state index contributed by atoms with van der Waals surface area (Å²) in [5.41, 5.74) is 5.96. The van der Waals surface area contributed by atoms with Crippen molar-refractivity contribution in [1.29, 1.82) is 0 Å². The van der Waals surface area contributed by atoms with Gasteiger partial charge in [-0.2, -0.15) is 0 Å². The zero-order valence-corrected chi connectivity index (χ0v) is 13.5. The zero-order valence-electron chi connectivity index (χ0n) is 13.5. The van der Waals surface area contributed by atoms with Crippen molar-refractivity contribution in [2.45, 2.75) is 32.2 Å². The molecule has 2 unspecified atom stereocenters. The quantitative estimate of drug-likeness (QED) is 0.873. The number of hydrogen-bond acceptors (Lipinski definition) is 4. The van der Waals surface area contributed by atoms with Crippen molar-refractivity contribution in [2.24, 2.45) is 11.7 Å². The van der Waals surface area contributed by atoms with Gasteiger partial charge in [0.25, 0.3) is 0 Å². The predicted molar refractivity (Wildman–Crippen MR) is 86.1 cm³/mol. The van der Waals surface area contributed by atoms with Crippen LogP contribution < -0.4 is 15.2 Å². The van der Waals surface area contributed by atoms with Crippen LogP contribution in [0.1, 0.15) is 26.2 Å². The molecule has 5 nitrogen and oxygen atoms in total. The predicted octanol–water partition coefficient (Wildman–Crippen LogP) is 2.05. The molecule has 1 heterocycles. The van der Waals surface area contributed by atoms with E-state index in [0.717, 1.165) is 25.9 Å². The minimum absolute atomic E-state index is 0.139. The second-order valence-electron chi connectivity index (χ2n) is 5.85. The van der Waals surface area contributed by atoms with Gasteiger partial charge in [-0.3, -0.25) is 4.79 Å². The van der Waals surface area contributed by atoms with Gasteiger partial charge in [0.05, 0.1) is 20.1 Å². The number of para-hydroxylation sites is 2. The topological polar surface area (TPSA) is 64.8 Å². The van der Waals surface area contributed by atoms with E-state index in [9.17, 15) is 4.79 Å². The highest BCUT2D eigenvalue weighted by Gasteiger charge is 2.25. The van der Waals surface area contributed by atoms with Crippen LogP contribution in [0, 0.1) is 5.92 Å². The first kappa shape index (κ1) is 16.6. The number of nitrogens with two attached hydrogens (primary N) is 1. The first-order chi connectivity index (χ1) is 10.6. The number of carbonyl (C=O) groups excluding carboxylic acids is 1. The lowest BCUT2D eigenvalue weighted by atomic mass is 9.92. The van der Waals surface area contributed by atoms with E-state index in [0.29, 0.717) is 30.4 Å². The number of methoxy groups -OCH3 is 1. The number of carbonyl (C=O) groups is 1. The number of rotatable bonds is 6. The molecule has 5 heteroatoms. The molecule has 1 fully saturated rings. The molecule has 0 aliphatic carbocycles. The second kappa shape index (κ2) is 8.03. The maximum atomic E-state index is 12.3. The standard InChI is InChI=1S/C17H26N2O3/c1-13(18)14-6-5-10-19(12-14)17(20)9-11-22-16-8-4-3-7-15(16)21-2/h3-4,7-8,13-14H,5-6,9-12,18H2,1-2H3. The van der Waals surface area contributed by atoms with Crippen LogP contribution in [0.4, 0.5) is 0 Å². The number of hydrogen-bond donors (Lipinski definition) is 1. The maximum absolute atomic E-state index is 12.3. The first-order valence-electron chi connectivity index (χ1n) is 7.91. The highest BCUT2D eigenvalue weighted by atomic mass is 16.5. The lowest BCUT2D eigenvalue weighted by Gasteiger charge is -2.34. The molecule has 0 aromatic heterocycles. The number of benzene rings is 1. The van der Waals surface area contributed by atoms with E-state index < -0.39 is 0 Å². The number of amides is 1. The minimum Gasteiger partial charge on any atom is -0.493 e. The fraction of sp³-hybridized carbons (Fsp3) is 0.588. The molecule has 0 spiro atoms. The Hall–Kier alpha value is -1.75. The number of piperidine rings is 1. The summed E-state index contributed by atoms with van der Waals surface area (Å²) in [5.74, 6) is 1.91. The third-order valence-electron chi connectivity index (χ3n) is 4.20. The van der Waals surface area contributed by atoms with Gasteiger partial charge >= 0.3 is 0 Å². The van der Waals surface area contributed by atoms with E-state index in [2.05, 4.69) is 0 Å². The van der Waals surface area contributed by atoms with Crippen molar-refractivity contribution in [3.63, 3.8) is 0 Å². The van der Waals surface area contributed by atoms with Gasteiger partial charge in [0, 0.05) is 19.1 Å². The summed E-state index contributed by atoms with van der Waals surface area (Å²) < 4.78 is 10.9. The van der Waals surface area contributed by atoms with E-state index in [1.165, 1.54) is 0 Å². The van der Waals surface area contributed by atoms with Gasteiger partial charge in [-0.1, -0.05) is 12.1 Å². The van der Waals surface area contributed by atoms with Crippen LogP contribution in [0.25, 0.3) is 0 Å². The lowest BCUT2D eigenvalue weighted by molar-refractivity contribution is -0.133. The lowest BCUT2D eigenvalue weighted by Crippen LogP contribution is -2.45. The van der Waals surface area contributed by atoms with Crippen LogP contribution in [0.2, 0.25) is 0 Å². The Labute approximate surface area is 132 Å². The van der Waals surface area contributed by atoms with Crippen LogP contribution in [-0.2, 0) is 4.79 Å². The zero-order chi connectivity index (χ0) is 15.9. The monoisotopic (exact) mass is 306 g/mol. The fourth-order valence-corrected chi connectivity index (χ4v) is 2.81. The summed E-state index contributed by atoms with van der Waals surface area (Å²) >= 11 is 0. The van der Waals surface area contributed by atoms with E-state index in [-0.39, 0.29) is 11.9 Å². The Balaban J connectivity index is 1.80. The molecule has 1 aromatic rings. The van der Waals surface area contributed by atoms with Crippen LogP contribution in [0.5, 0.6) is 11.5 Å². The van der Waals surface area contributed by atoms with Gasteiger partial charge in [-0.05, 0) is 37.8 Å². The summed E-state index contributed by atoms with van der Waals surface area (Å²) in [4.78, 5) is 14.2. The van der Waals surface area contributed by atoms with Crippen molar-refractivity contribution in [3.05, 3.63) is 24.3 Å². The molecule has 2 atom stereocenters. The highest BCUT2D eigenvalue weighted by Crippen LogP contribution is 2.26. The molecule has 0 radical (unpaired) electrons. The second-order valence-corrected chi connectivity index (χ2v) is 5.85. The number of nitrogens with zero attached hydrogens (tertiary/aromatic N) is 1. The van der Waals surface area contributed by atoms with Gasteiger partial charge in [-0.25, -0.2) is 0 Å². The normalized spacial score (nSPS) is 19.6. The van der Waals surface area contributed by atoms with E-state index in [1.807, 2.05) is 36.1 Å². The molecule has 1 aliphatic rings. The first-order valence-corrected chi connectivity index (χ1v) is 7.91. The van der Waals surface area contributed by atoms with E-state index in [1.54, 1.807) is 7.11 Å². The van der Waals surface area contributed by atoms with E-state index >= 15 is 0 Å². The maximum Gasteiger partial charge on any atom is 0.226 e. The third-order valence-corrected chi connectivity index (χ3v) is 4.20. The highest BCUT2D eigenvalue weighted by molar-refractivity contribution is 5.76. The summed E-state index contributed by atoms with van der Waals surface area (Å²) in [6.45, 7) is 3.98. The average molecular weight is 306 g/mol. The van der Waals surface area contributed by atoms with Crippen molar-refractivity contribution in [2.75, 3.05) is 26.8 Å². The SMILES string of the molecule is COc1ccccc1OCCC(=O)N1CCCC(C(C)N)C1. The summed E-state index contributed by atoms with van der Waals surface area (Å²) in [7, 11) is 1.61. The smallest absolute Gasteiger partial charge is 0.226 e. The van der Waals surface area contributed by atoms with Gasteiger partial charge < -0.3 is 20.1 Å². The molecule has 0 bridgehead atoms. The van der Waals surface area contributed by atoms with Gasteiger partial charge in [0.15, 0.2) is 11.5 Å². The van der Waals surface area contributed by atoms with Gasteiger partial charge in [0.2, 0.25) is 5.91 Å². The van der Waals surface area contributed by atoms with Crippen LogP contribution in [0.3, 0.4) is 0 Å². The van der Waals surface area contributed by atoms with Gasteiger partial charge in [-0.15, -0.1) is 0 Å². The van der Waals surface area contributed by atoms with Crippen molar-refractivity contribution in [3.8, 4) is 11.5 Å². The van der Waals surface area contributed by atoms with Crippen LogP contribution in [0.15, 0.2) is 24.3 Å². The van der Waals surface area contributed by atoms with E-state index in [4.69, 9.17) is 15.2 Å². The Morgan fingerprint density at radius 2 is 2.14 bits per heavy atom. The molecular formula is C17H26N2O3. The molecule has 2 rings (SSSR count). The molecule has 1 amide bonds. The van der Waals surface area contributed by atoms with Crippen LogP contribution in [-0.4, -0.2) is 43.7 Å². The molecule has 1 aliphatic heterocycles. The third kappa shape index (κ3) is 4.37. The molecular weight excluding hydrogens is 280 g/mol. The molecule has 2 N–H and O–H groups in total. The number of ether oxygens (including phenoxy) is 2. The van der Waals surface area contributed by atoms with Crippen LogP contribution >= 0.6 is 0 Å². The minimum atomic E-state index is 0.139. The fourth-order valence-electron chi connectivity index (χ4n) is 2.81. The average Bonchev–Trinajstić information content (AvgIpc) is 2.55. The van der Waals surface area contributed by atoms with Crippen molar-refractivity contribution < 1.29 is 14.3 Å². The molecule has 0 saturated carbocycles. The van der Waals surface area contributed by atoms with Crippen molar-refractivity contribution >= 4 is 5.91 Å². The molecule has 22 heavy (non-hydrogen) atoms. The summed E-state index contributed by atoms with van der Waals surface area (Å²) in [6, 6.07) is 7.60. The Morgan fingerprint density at radius 3 is 2.82 bits per heavy atom. The summed E-state index contributed by atoms with van der Waals surface area (Å²) in [5, 5.41) is 0.